The molecule has 0 bridgehead atoms. The first kappa shape index (κ1) is 21.0. The van der Waals surface area contributed by atoms with Crippen LogP contribution in [0.3, 0.4) is 0 Å². The van der Waals surface area contributed by atoms with E-state index in [4.69, 9.17) is 9.47 Å². The summed E-state index contributed by atoms with van der Waals surface area (Å²) >= 11 is 0. The maximum atomic E-state index is 13.1. The summed E-state index contributed by atoms with van der Waals surface area (Å²) < 4.78 is 10.8. The highest BCUT2D eigenvalue weighted by Gasteiger charge is 2.22. The van der Waals surface area contributed by atoms with Gasteiger partial charge in [0.1, 0.15) is 6.54 Å². The number of carboxylic acid groups (broad SMARTS) is 1. The van der Waals surface area contributed by atoms with Crippen LogP contribution in [0.4, 0.5) is 0 Å². The van der Waals surface area contributed by atoms with Crippen molar-refractivity contribution < 1.29 is 24.2 Å². The molecule has 0 aromatic heterocycles. The third kappa shape index (κ3) is 5.36. The van der Waals surface area contributed by atoms with Gasteiger partial charge in [-0.25, -0.2) is 0 Å². The van der Waals surface area contributed by atoms with Crippen LogP contribution in [-0.2, 0) is 17.6 Å². The molecule has 0 radical (unpaired) electrons. The van der Waals surface area contributed by atoms with Gasteiger partial charge >= 0.3 is 5.97 Å². The van der Waals surface area contributed by atoms with Crippen LogP contribution in [0.5, 0.6) is 11.5 Å². The monoisotopic (exact) mass is 383 g/mol. The van der Waals surface area contributed by atoms with Crippen molar-refractivity contribution in [2.45, 2.75) is 12.8 Å². The van der Waals surface area contributed by atoms with Crippen molar-refractivity contribution in [1.82, 2.24) is 4.90 Å². The van der Waals surface area contributed by atoms with Gasteiger partial charge in [-0.2, -0.15) is 0 Å². The Hall–Kier alpha value is -3.28. The van der Waals surface area contributed by atoms with Crippen LogP contribution >= 0.6 is 0 Å². The summed E-state index contributed by atoms with van der Waals surface area (Å²) in [4.78, 5) is 25.7. The van der Waals surface area contributed by atoms with Crippen molar-refractivity contribution in [3.63, 3.8) is 0 Å². The number of aliphatic carboxylic acids is 1. The number of carbonyl (C=O) groups excluding carboxylic acids is 1. The van der Waals surface area contributed by atoms with Crippen molar-refractivity contribution in [2.75, 3.05) is 27.3 Å². The maximum Gasteiger partial charge on any atom is 0.323 e. The zero-order valence-electron chi connectivity index (χ0n) is 16.2. The van der Waals surface area contributed by atoms with E-state index in [-0.39, 0.29) is 12.5 Å². The van der Waals surface area contributed by atoms with E-state index in [1.807, 2.05) is 30.3 Å². The number of carboxylic acids is 1. The van der Waals surface area contributed by atoms with Gasteiger partial charge in [0.2, 0.25) is 0 Å². The van der Waals surface area contributed by atoms with Crippen molar-refractivity contribution >= 4 is 11.9 Å². The van der Waals surface area contributed by atoms with Gasteiger partial charge in [0.25, 0.3) is 5.91 Å². The lowest BCUT2D eigenvalue weighted by Gasteiger charge is -2.22. The largest absolute Gasteiger partial charge is 0.493 e. The average molecular weight is 383 g/mol. The lowest BCUT2D eigenvalue weighted by Crippen LogP contribution is -2.37. The van der Waals surface area contributed by atoms with E-state index < -0.39 is 5.97 Å². The number of methoxy groups -OCH3 is 2. The Kier molecular flexibility index (Phi) is 7.63. The van der Waals surface area contributed by atoms with Crippen LogP contribution in [-0.4, -0.2) is 49.2 Å². The van der Waals surface area contributed by atoms with E-state index >= 15 is 0 Å². The van der Waals surface area contributed by atoms with E-state index in [1.54, 1.807) is 18.2 Å². The summed E-state index contributed by atoms with van der Waals surface area (Å²) in [6.45, 7) is 3.64. The van der Waals surface area contributed by atoms with Crippen LogP contribution in [0.2, 0.25) is 0 Å². The summed E-state index contributed by atoms with van der Waals surface area (Å²) in [5.74, 6) is -0.477. The number of hydrogen-bond donors (Lipinski definition) is 1. The number of amides is 1. The SMILES string of the molecule is C=CCc1cc(C(=O)N(CCc2ccccc2)CC(=O)O)cc(OC)c1OC. The number of allylic oxidation sites excluding steroid dienone is 1. The smallest absolute Gasteiger partial charge is 0.323 e. The van der Waals surface area contributed by atoms with Crippen molar-refractivity contribution in [3.05, 3.63) is 71.8 Å². The van der Waals surface area contributed by atoms with Crippen LogP contribution in [0.1, 0.15) is 21.5 Å². The number of rotatable bonds is 10. The molecular formula is C22H25NO5. The van der Waals surface area contributed by atoms with Crippen LogP contribution in [0.25, 0.3) is 0 Å². The van der Waals surface area contributed by atoms with Gasteiger partial charge in [0.05, 0.1) is 14.2 Å². The fourth-order valence-corrected chi connectivity index (χ4v) is 2.98. The molecule has 0 unspecified atom stereocenters. The molecular weight excluding hydrogens is 358 g/mol. The number of carbonyl (C=O) groups is 2. The average Bonchev–Trinajstić information content (AvgIpc) is 2.70. The van der Waals surface area contributed by atoms with Gasteiger partial charge in [-0.05, 0) is 30.5 Å². The first-order valence-corrected chi connectivity index (χ1v) is 8.91. The molecule has 0 atom stereocenters. The summed E-state index contributed by atoms with van der Waals surface area (Å²) in [7, 11) is 3.02. The molecule has 28 heavy (non-hydrogen) atoms. The number of nitrogens with zero attached hydrogens (tertiary/aromatic N) is 1. The third-order valence-electron chi connectivity index (χ3n) is 4.29. The Morgan fingerprint density at radius 3 is 2.43 bits per heavy atom. The summed E-state index contributed by atoms with van der Waals surface area (Å²) in [6, 6.07) is 12.9. The topological polar surface area (TPSA) is 76.1 Å². The highest BCUT2D eigenvalue weighted by atomic mass is 16.5. The van der Waals surface area contributed by atoms with Crippen molar-refractivity contribution in [2.24, 2.45) is 0 Å². The summed E-state index contributed by atoms with van der Waals surface area (Å²) in [5.41, 5.74) is 2.13. The highest BCUT2D eigenvalue weighted by molar-refractivity contribution is 5.96. The molecule has 2 rings (SSSR count). The Morgan fingerprint density at radius 2 is 1.86 bits per heavy atom. The minimum Gasteiger partial charge on any atom is -0.493 e. The van der Waals surface area contributed by atoms with Crippen molar-refractivity contribution in [1.29, 1.82) is 0 Å². The molecule has 0 saturated heterocycles. The molecule has 0 aliphatic rings. The number of hydrogen-bond acceptors (Lipinski definition) is 4. The molecule has 0 aliphatic heterocycles. The van der Waals surface area contributed by atoms with Crippen LogP contribution < -0.4 is 9.47 Å². The Balaban J connectivity index is 2.32. The second-order valence-corrected chi connectivity index (χ2v) is 6.22. The highest BCUT2D eigenvalue weighted by Crippen LogP contribution is 2.33. The fraction of sp³-hybridized carbons (Fsp3) is 0.273. The minimum atomic E-state index is -1.06. The van der Waals surface area contributed by atoms with Gasteiger partial charge in [-0.1, -0.05) is 36.4 Å². The van der Waals surface area contributed by atoms with Gasteiger partial charge < -0.3 is 19.5 Å². The van der Waals surface area contributed by atoms with E-state index in [9.17, 15) is 14.7 Å². The first-order chi connectivity index (χ1) is 13.5. The molecule has 1 N–H and O–H groups in total. The van der Waals surface area contributed by atoms with E-state index in [0.29, 0.717) is 36.4 Å². The molecule has 148 valence electrons. The first-order valence-electron chi connectivity index (χ1n) is 8.91. The lowest BCUT2D eigenvalue weighted by molar-refractivity contribution is -0.137. The molecule has 2 aromatic carbocycles. The zero-order chi connectivity index (χ0) is 20.5. The number of benzene rings is 2. The molecule has 6 heteroatoms. The standard InChI is InChI=1S/C22H25NO5/c1-4-8-17-13-18(14-19(27-2)21(17)28-3)22(26)23(15-20(24)25)12-11-16-9-6-5-7-10-16/h4-7,9-10,13-14H,1,8,11-12,15H2,2-3H3,(H,24,25). The van der Waals surface area contributed by atoms with Crippen molar-refractivity contribution in [3.8, 4) is 11.5 Å². The fourth-order valence-electron chi connectivity index (χ4n) is 2.98. The molecule has 0 aliphatic carbocycles. The van der Waals surface area contributed by atoms with Gasteiger partial charge in [0, 0.05) is 17.7 Å². The second-order valence-electron chi connectivity index (χ2n) is 6.22. The molecule has 6 nitrogen and oxygen atoms in total. The summed E-state index contributed by atoms with van der Waals surface area (Å²) in [5, 5.41) is 9.25. The molecule has 0 fully saturated rings. The molecule has 2 aromatic rings. The Labute approximate surface area is 165 Å². The molecule has 0 spiro atoms. The lowest BCUT2D eigenvalue weighted by atomic mass is 10.0. The maximum absolute atomic E-state index is 13.1. The molecule has 0 heterocycles. The molecule has 0 saturated carbocycles. The number of ether oxygens (including phenoxy) is 2. The molecule has 1 amide bonds. The van der Waals surface area contributed by atoms with E-state index in [2.05, 4.69) is 6.58 Å². The predicted octanol–water partition coefficient (Wildman–Crippen LogP) is 3.20. The predicted molar refractivity (Wildman–Crippen MR) is 107 cm³/mol. The van der Waals surface area contributed by atoms with E-state index in [1.165, 1.54) is 19.1 Å². The van der Waals surface area contributed by atoms with Gasteiger partial charge in [-0.3, -0.25) is 9.59 Å². The van der Waals surface area contributed by atoms with E-state index in [0.717, 1.165) is 11.1 Å². The Bertz CT molecular complexity index is 832. The van der Waals surface area contributed by atoms with Gasteiger partial charge in [-0.15, -0.1) is 6.58 Å². The minimum absolute atomic E-state index is 0.292. The Morgan fingerprint density at radius 1 is 1.14 bits per heavy atom. The second kappa shape index (κ2) is 10.2. The van der Waals surface area contributed by atoms with Crippen LogP contribution in [0, 0.1) is 0 Å². The van der Waals surface area contributed by atoms with Crippen LogP contribution in [0.15, 0.2) is 55.1 Å². The quantitative estimate of drug-likeness (QED) is 0.638. The zero-order valence-corrected chi connectivity index (χ0v) is 16.2. The normalized spacial score (nSPS) is 10.2. The third-order valence-corrected chi connectivity index (χ3v) is 4.29. The van der Waals surface area contributed by atoms with Gasteiger partial charge in [0.15, 0.2) is 11.5 Å². The summed E-state index contributed by atoms with van der Waals surface area (Å²) in [6.07, 6.45) is 2.76.